The summed E-state index contributed by atoms with van der Waals surface area (Å²) < 4.78 is 1.68. The maximum absolute atomic E-state index is 10.5. The number of hydrogen-bond acceptors (Lipinski definition) is 3. The summed E-state index contributed by atoms with van der Waals surface area (Å²) in [6.45, 7) is 0. The number of hydrogen-bond donors (Lipinski definition) is 1. The lowest BCUT2D eigenvalue weighted by atomic mass is 10.1. The molecule has 0 saturated heterocycles. The Morgan fingerprint density at radius 1 is 0.920 bits per heavy atom. The van der Waals surface area contributed by atoms with E-state index in [-0.39, 0.29) is 5.88 Å². The Bertz CT molecular complexity index is 1020. The van der Waals surface area contributed by atoms with E-state index in [0.717, 1.165) is 16.8 Å². The molecule has 0 saturated carbocycles. The van der Waals surface area contributed by atoms with E-state index in [2.05, 4.69) is 9.97 Å². The van der Waals surface area contributed by atoms with E-state index in [1.165, 1.54) is 0 Å². The van der Waals surface area contributed by atoms with Crippen LogP contribution in [0.25, 0.3) is 17.8 Å². The highest BCUT2D eigenvalue weighted by Gasteiger charge is 2.12. The summed E-state index contributed by atoms with van der Waals surface area (Å²) in [5.41, 5.74) is 4.26. The van der Waals surface area contributed by atoms with Crippen LogP contribution in [0.5, 0.6) is 5.88 Å². The van der Waals surface area contributed by atoms with Crippen LogP contribution in [0.15, 0.2) is 73.1 Å². The molecule has 0 atom stereocenters. The Kier molecular flexibility index (Phi) is 4.01. The molecule has 1 N–H and O–H groups in total. The van der Waals surface area contributed by atoms with Crippen molar-refractivity contribution in [2.75, 3.05) is 0 Å². The quantitative estimate of drug-likeness (QED) is 0.611. The lowest BCUT2D eigenvalue weighted by Gasteiger charge is -1.99. The molecule has 0 bridgehead atoms. The minimum atomic E-state index is 0.163. The van der Waals surface area contributed by atoms with Gasteiger partial charge in [-0.3, -0.25) is 9.38 Å². The molecule has 0 unspecified atom stereocenters. The Morgan fingerprint density at radius 2 is 1.64 bits per heavy atom. The minimum Gasteiger partial charge on any atom is -0.493 e. The normalized spacial score (nSPS) is 11.4. The van der Waals surface area contributed by atoms with E-state index >= 15 is 0 Å². The molecule has 0 aliphatic carbocycles. The highest BCUT2D eigenvalue weighted by Crippen LogP contribution is 2.22. The van der Waals surface area contributed by atoms with Gasteiger partial charge in [0.15, 0.2) is 5.65 Å². The molecule has 0 aliphatic heterocycles. The molecular formula is C21H17N3O. The van der Waals surface area contributed by atoms with Gasteiger partial charge in [0, 0.05) is 12.6 Å². The molecule has 122 valence electrons. The highest BCUT2D eigenvalue weighted by molar-refractivity contribution is 5.68. The second-order valence-corrected chi connectivity index (χ2v) is 5.83. The summed E-state index contributed by atoms with van der Waals surface area (Å²) in [4.78, 5) is 8.90. The van der Waals surface area contributed by atoms with E-state index in [4.69, 9.17) is 0 Å². The van der Waals surface area contributed by atoms with Gasteiger partial charge in [-0.25, -0.2) is 4.98 Å². The summed E-state index contributed by atoms with van der Waals surface area (Å²) >= 11 is 0. The van der Waals surface area contributed by atoms with E-state index in [1.54, 1.807) is 16.8 Å². The predicted molar refractivity (Wildman–Crippen MR) is 99.3 cm³/mol. The molecule has 2 aromatic carbocycles. The predicted octanol–water partition coefficient (Wildman–Crippen LogP) is 4.20. The number of fused-ring (bicyclic) bond motifs is 1. The molecule has 0 amide bonds. The summed E-state index contributed by atoms with van der Waals surface area (Å²) in [6.07, 6.45) is 7.98. The van der Waals surface area contributed by atoms with Crippen molar-refractivity contribution in [1.82, 2.24) is 14.4 Å². The number of benzene rings is 2. The number of rotatable bonds is 4. The molecule has 0 spiro atoms. The van der Waals surface area contributed by atoms with Crippen LogP contribution in [0.1, 0.15) is 22.5 Å². The zero-order chi connectivity index (χ0) is 17.1. The van der Waals surface area contributed by atoms with Crippen molar-refractivity contribution in [1.29, 1.82) is 0 Å². The first-order chi connectivity index (χ1) is 12.3. The van der Waals surface area contributed by atoms with E-state index in [0.29, 0.717) is 17.8 Å². The smallest absolute Gasteiger partial charge is 0.219 e. The van der Waals surface area contributed by atoms with Crippen LogP contribution in [0.3, 0.4) is 0 Å². The fourth-order valence-corrected chi connectivity index (χ4v) is 2.75. The van der Waals surface area contributed by atoms with Gasteiger partial charge in [-0.2, -0.15) is 0 Å². The fraction of sp³-hybridized carbons (Fsp3) is 0.0476. The third-order valence-corrected chi connectivity index (χ3v) is 4.03. The largest absolute Gasteiger partial charge is 0.493 e. The molecule has 4 heteroatoms. The average molecular weight is 327 g/mol. The van der Waals surface area contributed by atoms with Gasteiger partial charge in [0.25, 0.3) is 0 Å². The maximum atomic E-state index is 10.5. The average Bonchev–Trinajstić information content (AvgIpc) is 2.97. The maximum Gasteiger partial charge on any atom is 0.219 e. The first-order valence-electron chi connectivity index (χ1n) is 8.12. The van der Waals surface area contributed by atoms with Gasteiger partial charge >= 0.3 is 0 Å². The zero-order valence-corrected chi connectivity index (χ0v) is 13.6. The van der Waals surface area contributed by atoms with Gasteiger partial charge in [-0.15, -0.1) is 0 Å². The Morgan fingerprint density at radius 3 is 2.40 bits per heavy atom. The topological polar surface area (TPSA) is 50.4 Å². The minimum absolute atomic E-state index is 0.163. The molecule has 4 aromatic rings. The molecule has 4 rings (SSSR count). The Hall–Kier alpha value is -3.40. The van der Waals surface area contributed by atoms with Crippen molar-refractivity contribution >= 4 is 17.8 Å². The molecular weight excluding hydrogens is 310 g/mol. The first-order valence-corrected chi connectivity index (χ1v) is 8.12. The first kappa shape index (κ1) is 15.1. The fourth-order valence-electron chi connectivity index (χ4n) is 2.75. The lowest BCUT2D eigenvalue weighted by Crippen LogP contribution is -1.89. The molecule has 0 radical (unpaired) electrons. The van der Waals surface area contributed by atoms with Gasteiger partial charge in [0.2, 0.25) is 5.88 Å². The summed E-state index contributed by atoms with van der Waals surface area (Å²) in [5.74, 6) is 0.163. The van der Waals surface area contributed by atoms with Crippen LogP contribution in [0.4, 0.5) is 0 Å². The van der Waals surface area contributed by atoms with Crippen molar-refractivity contribution < 1.29 is 5.11 Å². The number of imidazole rings is 1. The summed E-state index contributed by atoms with van der Waals surface area (Å²) in [6, 6.07) is 20.0. The van der Waals surface area contributed by atoms with Crippen LogP contribution in [-0.4, -0.2) is 19.5 Å². The van der Waals surface area contributed by atoms with E-state index < -0.39 is 0 Å². The molecule has 0 fully saturated rings. The SMILES string of the molecule is Oc1c(Cc2ccccc2)nc2cnc(/C=C/c3ccccc3)cn12. The van der Waals surface area contributed by atoms with Crippen molar-refractivity contribution in [2.24, 2.45) is 0 Å². The number of aromatic hydroxyl groups is 1. The third kappa shape index (κ3) is 3.28. The van der Waals surface area contributed by atoms with Crippen LogP contribution in [-0.2, 0) is 6.42 Å². The molecule has 0 aliphatic rings. The highest BCUT2D eigenvalue weighted by atomic mass is 16.3. The summed E-state index contributed by atoms with van der Waals surface area (Å²) in [7, 11) is 0. The monoisotopic (exact) mass is 327 g/mol. The second-order valence-electron chi connectivity index (χ2n) is 5.83. The van der Waals surface area contributed by atoms with E-state index in [9.17, 15) is 5.11 Å². The Balaban J connectivity index is 1.64. The second kappa shape index (κ2) is 6.61. The van der Waals surface area contributed by atoms with Crippen molar-refractivity contribution in [3.05, 3.63) is 95.6 Å². The number of aromatic nitrogens is 3. The van der Waals surface area contributed by atoms with Gasteiger partial charge in [-0.1, -0.05) is 66.7 Å². The van der Waals surface area contributed by atoms with E-state index in [1.807, 2.05) is 72.8 Å². The van der Waals surface area contributed by atoms with Crippen molar-refractivity contribution in [3.8, 4) is 5.88 Å². The van der Waals surface area contributed by atoms with Gasteiger partial charge in [0.05, 0.1) is 11.9 Å². The van der Waals surface area contributed by atoms with Crippen LogP contribution in [0, 0.1) is 0 Å². The van der Waals surface area contributed by atoms with Crippen LogP contribution in [0.2, 0.25) is 0 Å². The van der Waals surface area contributed by atoms with Crippen LogP contribution < -0.4 is 0 Å². The number of nitrogens with zero attached hydrogens (tertiary/aromatic N) is 3. The molecule has 2 heterocycles. The summed E-state index contributed by atoms with van der Waals surface area (Å²) in [5, 5.41) is 10.5. The third-order valence-electron chi connectivity index (χ3n) is 4.03. The van der Waals surface area contributed by atoms with Gasteiger partial charge < -0.3 is 5.11 Å². The molecule has 4 nitrogen and oxygen atoms in total. The van der Waals surface area contributed by atoms with Crippen LogP contribution >= 0.6 is 0 Å². The van der Waals surface area contributed by atoms with Gasteiger partial charge in [0.1, 0.15) is 5.69 Å². The van der Waals surface area contributed by atoms with Crippen molar-refractivity contribution in [2.45, 2.75) is 6.42 Å². The zero-order valence-electron chi connectivity index (χ0n) is 13.6. The van der Waals surface area contributed by atoms with Gasteiger partial charge in [-0.05, 0) is 17.2 Å². The Labute approximate surface area is 145 Å². The molecule has 2 aromatic heterocycles. The molecule has 25 heavy (non-hydrogen) atoms. The van der Waals surface area contributed by atoms with Crippen molar-refractivity contribution in [3.63, 3.8) is 0 Å². The lowest BCUT2D eigenvalue weighted by molar-refractivity contribution is 0.442. The standard InChI is InChI=1S/C21H17N3O/c25-21-19(13-17-9-5-2-6-10-17)23-20-14-22-18(15-24(20)21)12-11-16-7-3-1-4-8-16/h1-12,14-15,25H,13H2/b12-11+.